The molecule has 0 spiro atoms. The Labute approximate surface area is 140 Å². The van der Waals surface area contributed by atoms with Gasteiger partial charge in [-0.15, -0.1) is 0 Å². The Morgan fingerprint density at radius 1 is 1.17 bits per heavy atom. The van der Waals surface area contributed by atoms with Gasteiger partial charge in [-0.2, -0.15) is 0 Å². The van der Waals surface area contributed by atoms with Crippen molar-refractivity contribution >= 4 is 6.09 Å². The third-order valence-corrected chi connectivity index (χ3v) is 4.76. The van der Waals surface area contributed by atoms with Crippen molar-refractivity contribution in [2.24, 2.45) is 5.92 Å². The van der Waals surface area contributed by atoms with E-state index in [1.54, 1.807) is 0 Å². The van der Waals surface area contributed by atoms with Crippen molar-refractivity contribution in [3.05, 3.63) is 0 Å². The molecule has 0 aliphatic heterocycles. The average Bonchev–Trinajstić information content (AvgIpc) is 2.42. The van der Waals surface area contributed by atoms with Crippen LogP contribution in [0.5, 0.6) is 0 Å². The second-order valence-electron chi connectivity index (χ2n) is 7.95. The van der Waals surface area contributed by atoms with E-state index in [4.69, 9.17) is 9.47 Å². The summed E-state index contributed by atoms with van der Waals surface area (Å²) in [6, 6.07) is 1.09. The summed E-state index contributed by atoms with van der Waals surface area (Å²) in [4.78, 5) is 11.8. The fourth-order valence-corrected chi connectivity index (χ4v) is 3.58. The first-order valence-electron chi connectivity index (χ1n) is 9.22. The topological polar surface area (TPSA) is 59.6 Å². The highest BCUT2D eigenvalue weighted by atomic mass is 16.6. The molecule has 23 heavy (non-hydrogen) atoms. The summed E-state index contributed by atoms with van der Waals surface area (Å²) in [6.45, 7) is 9.24. The monoisotopic (exact) mass is 326 g/mol. The number of hydrogen-bond donors (Lipinski definition) is 2. The Hall–Kier alpha value is -0.810. The van der Waals surface area contributed by atoms with Crippen LogP contribution in [0.2, 0.25) is 0 Å². The minimum Gasteiger partial charge on any atom is -0.444 e. The van der Waals surface area contributed by atoms with Crippen LogP contribution in [0.4, 0.5) is 4.79 Å². The van der Waals surface area contributed by atoms with Gasteiger partial charge in [0.15, 0.2) is 0 Å². The van der Waals surface area contributed by atoms with Gasteiger partial charge >= 0.3 is 6.09 Å². The van der Waals surface area contributed by atoms with Crippen molar-refractivity contribution in [3.8, 4) is 0 Å². The molecule has 0 heterocycles. The van der Waals surface area contributed by atoms with Gasteiger partial charge < -0.3 is 20.1 Å². The molecule has 0 bridgehead atoms. The Bertz CT molecular complexity index is 375. The maximum atomic E-state index is 11.8. The zero-order chi connectivity index (χ0) is 16.9. The molecule has 0 radical (unpaired) electrons. The third-order valence-electron chi connectivity index (χ3n) is 4.76. The number of carbonyl (C=O) groups is 1. The predicted octanol–water partition coefficient (Wildman–Crippen LogP) is 3.23. The second kappa shape index (κ2) is 8.34. The first-order chi connectivity index (χ1) is 10.9. The van der Waals surface area contributed by atoms with Crippen molar-refractivity contribution in [3.63, 3.8) is 0 Å². The minimum absolute atomic E-state index is 0.304. The number of ether oxygens (including phenoxy) is 2. The molecule has 0 aromatic carbocycles. The van der Waals surface area contributed by atoms with Crippen molar-refractivity contribution < 1.29 is 14.3 Å². The molecule has 5 heteroatoms. The highest BCUT2D eigenvalue weighted by molar-refractivity contribution is 5.67. The molecule has 2 unspecified atom stereocenters. The summed E-state index contributed by atoms with van der Waals surface area (Å²) in [5.74, 6) is 0.502. The van der Waals surface area contributed by atoms with E-state index in [0.717, 1.165) is 19.4 Å². The third kappa shape index (κ3) is 6.30. The van der Waals surface area contributed by atoms with E-state index >= 15 is 0 Å². The lowest BCUT2D eigenvalue weighted by atomic mass is 9.81. The van der Waals surface area contributed by atoms with E-state index in [1.807, 2.05) is 20.8 Å². The summed E-state index contributed by atoms with van der Waals surface area (Å²) in [6.07, 6.45) is 7.30. The summed E-state index contributed by atoms with van der Waals surface area (Å²) in [5, 5.41) is 6.75. The van der Waals surface area contributed by atoms with Crippen molar-refractivity contribution in [2.45, 2.75) is 90.0 Å². The number of rotatable bonds is 6. The van der Waals surface area contributed by atoms with E-state index < -0.39 is 5.60 Å². The van der Waals surface area contributed by atoms with Crippen LogP contribution in [0.3, 0.4) is 0 Å². The Morgan fingerprint density at radius 2 is 1.87 bits per heavy atom. The molecular formula is C18H34N2O3. The number of nitrogens with one attached hydrogen (secondary N) is 2. The second-order valence-corrected chi connectivity index (χ2v) is 7.95. The number of carbonyl (C=O) groups excluding carboxylic acids is 1. The van der Waals surface area contributed by atoms with E-state index in [1.165, 1.54) is 25.7 Å². The molecule has 2 aliphatic carbocycles. The summed E-state index contributed by atoms with van der Waals surface area (Å²) in [5.41, 5.74) is -0.436. The van der Waals surface area contributed by atoms with E-state index in [0.29, 0.717) is 30.7 Å². The van der Waals surface area contributed by atoms with Gasteiger partial charge in [-0.05, 0) is 59.3 Å². The normalized spacial score (nSPS) is 31.3. The lowest BCUT2D eigenvalue weighted by molar-refractivity contribution is -0.0155. The molecule has 5 nitrogen and oxygen atoms in total. The fraction of sp³-hybridized carbons (Fsp3) is 0.944. The number of amides is 1. The Kier molecular flexibility index (Phi) is 6.72. The van der Waals surface area contributed by atoms with E-state index in [9.17, 15) is 4.79 Å². The largest absolute Gasteiger partial charge is 0.444 e. The maximum absolute atomic E-state index is 11.8. The van der Waals surface area contributed by atoms with Crippen LogP contribution in [-0.4, -0.2) is 43.0 Å². The first-order valence-corrected chi connectivity index (χ1v) is 9.22. The quantitative estimate of drug-likeness (QED) is 0.787. The highest BCUT2D eigenvalue weighted by Gasteiger charge is 2.34. The lowest BCUT2D eigenvalue weighted by Gasteiger charge is -2.41. The molecule has 2 rings (SSSR count). The SMILES string of the molecule is CCOC1CC(NC2CCCCC2CNC(=O)OC(C)(C)C)C1. The summed E-state index contributed by atoms with van der Waals surface area (Å²) < 4.78 is 11.0. The molecule has 0 aromatic heterocycles. The fourth-order valence-electron chi connectivity index (χ4n) is 3.58. The zero-order valence-electron chi connectivity index (χ0n) is 15.2. The molecule has 2 saturated carbocycles. The van der Waals surface area contributed by atoms with Gasteiger partial charge in [-0.25, -0.2) is 4.79 Å². The first kappa shape index (κ1) is 18.5. The predicted molar refractivity (Wildman–Crippen MR) is 91.6 cm³/mol. The lowest BCUT2D eigenvalue weighted by Crippen LogP contribution is -2.53. The van der Waals surface area contributed by atoms with Gasteiger partial charge in [-0.3, -0.25) is 0 Å². The van der Waals surface area contributed by atoms with Crippen molar-refractivity contribution in [2.75, 3.05) is 13.2 Å². The summed E-state index contributed by atoms with van der Waals surface area (Å²) in [7, 11) is 0. The van der Waals surface area contributed by atoms with E-state index in [2.05, 4.69) is 17.6 Å². The van der Waals surface area contributed by atoms with Crippen LogP contribution in [-0.2, 0) is 9.47 Å². The molecule has 2 atom stereocenters. The van der Waals surface area contributed by atoms with Gasteiger partial charge in [0.05, 0.1) is 6.10 Å². The van der Waals surface area contributed by atoms with Crippen LogP contribution >= 0.6 is 0 Å². The maximum Gasteiger partial charge on any atom is 0.407 e. The zero-order valence-corrected chi connectivity index (χ0v) is 15.2. The van der Waals surface area contributed by atoms with Gasteiger partial charge in [0.2, 0.25) is 0 Å². The highest BCUT2D eigenvalue weighted by Crippen LogP contribution is 2.29. The van der Waals surface area contributed by atoms with Crippen molar-refractivity contribution in [1.82, 2.24) is 10.6 Å². The number of hydrogen-bond acceptors (Lipinski definition) is 4. The van der Waals surface area contributed by atoms with Gasteiger partial charge in [0.1, 0.15) is 5.60 Å². The molecule has 0 saturated heterocycles. The number of alkyl carbamates (subject to hydrolysis) is 1. The minimum atomic E-state index is -0.436. The molecule has 2 fully saturated rings. The van der Waals surface area contributed by atoms with Crippen LogP contribution in [0.15, 0.2) is 0 Å². The average molecular weight is 326 g/mol. The molecule has 134 valence electrons. The smallest absolute Gasteiger partial charge is 0.407 e. The van der Waals surface area contributed by atoms with Crippen molar-refractivity contribution in [1.29, 1.82) is 0 Å². The van der Waals surface area contributed by atoms with Crippen LogP contribution < -0.4 is 10.6 Å². The van der Waals surface area contributed by atoms with E-state index in [-0.39, 0.29) is 6.09 Å². The molecule has 1 amide bonds. The van der Waals surface area contributed by atoms with Crippen LogP contribution in [0.1, 0.15) is 66.2 Å². The molecule has 2 N–H and O–H groups in total. The molecular weight excluding hydrogens is 292 g/mol. The molecule has 0 aromatic rings. The standard InChI is InChI=1S/C18H34N2O3/c1-5-22-15-10-14(11-15)20-16-9-7-6-8-13(16)12-19-17(21)23-18(2,3)4/h13-16,20H,5-12H2,1-4H3,(H,19,21). The Balaban J connectivity index is 1.72. The summed E-state index contributed by atoms with van der Waals surface area (Å²) >= 11 is 0. The molecule has 2 aliphatic rings. The Morgan fingerprint density at radius 3 is 2.52 bits per heavy atom. The van der Waals surface area contributed by atoms with Crippen LogP contribution in [0.25, 0.3) is 0 Å². The van der Waals surface area contributed by atoms with Crippen LogP contribution in [0, 0.1) is 5.92 Å². The van der Waals surface area contributed by atoms with Gasteiger partial charge in [0, 0.05) is 25.2 Å². The van der Waals surface area contributed by atoms with Gasteiger partial charge in [-0.1, -0.05) is 12.8 Å². The van der Waals surface area contributed by atoms with Gasteiger partial charge in [0.25, 0.3) is 0 Å².